The van der Waals surface area contributed by atoms with Crippen LogP contribution in [0.5, 0.6) is 0 Å². The fourth-order valence-electron chi connectivity index (χ4n) is 1.61. The minimum Gasteiger partial charge on any atom is -0.315 e. The minimum atomic E-state index is 0.629. The second kappa shape index (κ2) is 6.97. The van der Waals surface area contributed by atoms with Crippen molar-refractivity contribution in [2.24, 2.45) is 0 Å². The van der Waals surface area contributed by atoms with Crippen LogP contribution in [0.2, 0.25) is 0 Å². The Morgan fingerprint density at radius 3 is 2.62 bits per heavy atom. The van der Waals surface area contributed by atoms with Gasteiger partial charge in [-0.25, -0.2) is 0 Å². The van der Waals surface area contributed by atoms with Crippen molar-refractivity contribution in [1.29, 1.82) is 0 Å². The summed E-state index contributed by atoms with van der Waals surface area (Å²) in [6.07, 6.45) is 1.23. The molecule has 0 fully saturated rings. The molecule has 1 nitrogen and oxygen atoms in total. The van der Waals surface area contributed by atoms with E-state index in [1.54, 1.807) is 0 Å². The highest BCUT2D eigenvalue weighted by Crippen LogP contribution is 2.21. The average molecular weight is 237 g/mol. The van der Waals surface area contributed by atoms with Crippen molar-refractivity contribution in [3.05, 3.63) is 29.3 Å². The van der Waals surface area contributed by atoms with Crippen molar-refractivity contribution in [3.8, 4) is 0 Å². The van der Waals surface area contributed by atoms with E-state index in [2.05, 4.69) is 51.2 Å². The number of hydrogen-bond acceptors (Lipinski definition) is 2. The van der Waals surface area contributed by atoms with Crippen LogP contribution in [0, 0.1) is 13.8 Å². The first-order chi connectivity index (χ1) is 7.63. The second-order valence-electron chi connectivity index (χ2n) is 4.34. The van der Waals surface area contributed by atoms with Crippen molar-refractivity contribution in [1.82, 2.24) is 5.32 Å². The molecule has 0 radical (unpaired) electrons. The Morgan fingerprint density at radius 1 is 1.25 bits per heavy atom. The molecule has 1 aromatic carbocycles. The van der Waals surface area contributed by atoms with Gasteiger partial charge in [-0.1, -0.05) is 13.0 Å². The molecular formula is C14H23NS. The quantitative estimate of drug-likeness (QED) is 0.756. The van der Waals surface area contributed by atoms with Crippen LogP contribution < -0.4 is 5.32 Å². The lowest BCUT2D eigenvalue weighted by Crippen LogP contribution is -2.25. The van der Waals surface area contributed by atoms with Crippen molar-refractivity contribution in [2.75, 3.05) is 12.3 Å². The van der Waals surface area contributed by atoms with Crippen molar-refractivity contribution < 1.29 is 0 Å². The van der Waals surface area contributed by atoms with Gasteiger partial charge in [0.05, 0.1) is 0 Å². The van der Waals surface area contributed by atoms with Gasteiger partial charge in [0.1, 0.15) is 0 Å². The Balaban J connectivity index is 2.34. The van der Waals surface area contributed by atoms with Crippen LogP contribution >= 0.6 is 11.8 Å². The summed E-state index contributed by atoms with van der Waals surface area (Å²) in [6, 6.07) is 7.36. The highest BCUT2D eigenvalue weighted by Gasteiger charge is 2.01. The first kappa shape index (κ1) is 13.6. The first-order valence-corrected chi connectivity index (χ1v) is 7.05. The minimum absolute atomic E-state index is 0.629. The summed E-state index contributed by atoms with van der Waals surface area (Å²) in [5, 5.41) is 3.44. The molecule has 1 atom stereocenters. The third kappa shape index (κ3) is 4.58. The Morgan fingerprint density at radius 2 is 2.00 bits per heavy atom. The zero-order chi connectivity index (χ0) is 12.0. The fourth-order valence-corrected chi connectivity index (χ4v) is 2.74. The van der Waals surface area contributed by atoms with Gasteiger partial charge in [0.25, 0.3) is 0 Å². The van der Waals surface area contributed by atoms with Crippen LogP contribution in [-0.2, 0) is 0 Å². The highest BCUT2D eigenvalue weighted by molar-refractivity contribution is 7.99. The molecule has 1 N–H and O–H groups in total. The lowest BCUT2D eigenvalue weighted by molar-refractivity contribution is 0.556. The molecule has 16 heavy (non-hydrogen) atoms. The summed E-state index contributed by atoms with van der Waals surface area (Å²) in [7, 11) is 0. The van der Waals surface area contributed by atoms with Crippen LogP contribution in [0.15, 0.2) is 23.1 Å². The molecule has 1 aromatic rings. The van der Waals surface area contributed by atoms with Gasteiger partial charge in [-0.15, -0.1) is 11.8 Å². The maximum Gasteiger partial charge on any atom is 0.00747 e. The van der Waals surface area contributed by atoms with Crippen molar-refractivity contribution >= 4 is 11.8 Å². The van der Waals surface area contributed by atoms with Gasteiger partial charge in [0, 0.05) is 10.9 Å². The Kier molecular flexibility index (Phi) is 5.93. The van der Waals surface area contributed by atoms with Crippen LogP contribution in [0.4, 0.5) is 0 Å². The SMILES string of the molecule is CCNC(C)CCSc1ccc(C)c(C)c1. The van der Waals surface area contributed by atoms with Gasteiger partial charge in [-0.05, 0) is 62.7 Å². The third-order valence-electron chi connectivity index (χ3n) is 2.85. The second-order valence-corrected chi connectivity index (χ2v) is 5.51. The van der Waals surface area contributed by atoms with E-state index < -0.39 is 0 Å². The molecule has 0 aliphatic carbocycles. The molecule has 0 amide bonds. The standard InChI is InChI=1S/C14H23NS/c1-5-15-13(4)8-9-16-14-7-6-11(2)12(3)10-14/h6-7,10,13,15H,5,8-9H2,1-4H3. The van der Waals surface area contributed by atoms with Crippen LogP contribution in [0.3, 0.4) is 0 Å². The van der Waals surface area contributed by atoms with Gasteiger partial charge in [-0.2, -0.15) is 0 Å². The van der Waals surface area contributed by atoms with Crippen LogP contribution in [0.1, 0.15) is 31.4 Å². The van der Waals surface area contributed by atoms with Gasteiger partial charge in [-0.3, -0.25) is 0 Å². The molecular weight excluding hydrogens is 214 g/mol. The first-order valence-electron chi connectivity index (χ1n) is 6.07. The maximum absolute atomic E-state index is 3.44. The average Bonchev–Trinajstić information content (AvgIpc) is 2.24. The molecule has 0 aliphatic rings. The van der Waals surface area contributed by atoms with E-state index in [4.69, 9.17) is 0 Å². The number of thioether (sulfide) groups is 1. The summed E-state index contributed by atoms with van der Waals surface area (Å²) in [4.78, 5) is 1.40. The third-order valence-corrected chi connectivity index (χ3v) is 3.88. The van der Waals surface area contributed by atoms with E-state index in [1.165, 1.54) is 28.2 Å². The van der Waals surface area contributed by atoms with Gasteiger partial charge < -0.3 is 5.32 Å². The molecule has 0 aromatic heterocycles. The van der Waals surface area contributed by atoms with Gasteiger partial charge in [0.15, 0.2) is 0 Å². The molecule has 2 heteroatoms. The Bertz CT molecular complexity index is 323. The maximum atomic E-state index is 3.44. The Labute approximate surface area is 104 Å². The lowest BCUT2D eigenvalue weighted by Gasteiger charge is -2.11. The molecule has 1 rings (SSSR count). The predicted octanol–water partition coefficient (Wildman–Crippen LogP) is 3.78. The molecule has 0 saturated heterocycles. The molecule has 0 bridgehead atoms. The predicted molar refractivity (Wildman–Crippen MR) is 74.4 cm³/mol. The molecule has 0 saturated carbocycles. The van der Waals surface area contributed by atoms with Crippen LogP contribution in [-0.4, -0.2) is 18.3 Å². The number of aryl methyl sites for hydroxylation is 2. The fraction of sp³-hybridized carbons (Fsp3) is 0.571. The zero-order valence-electron chi connectivity index (χ0n) is 10.8. The van der Waals surface area contributed by atoms with E-state index in [0.717, 1.165) is 6.54 Å². The number of hydrogen-bond donors (Lipinski definition) is 1. The summed E-state index contributed by atoms with van der Waals surface area (Å²) in [6.45, 7) is 9.82. The largest absolute Gasteiger partial charge is 0.315 e. The van der Waals surface area contributed by atoms with Gasteiger partial charge >= 0.3 is 0 Å². The molecule has 0 heterocycles. The van der Waals surface area contributed by atoms with Gasteiger partial charge in [0.2, 0.25) is 0 Å². The Hall–Kier alpha value is -0.470. The van der Waals surface area contributed by atoms with E-state index in [1.807, 2.05) is 11.8 Å². The molecule has 1 unspecified atom stereocenters. The number of rotatable bonds is 6. The van der Waals surface area contributed by atoms with E-state index >= 15 is 0 Å². The van der Waals surface area contributed by atoms with E-state index in [-0.39, 0.29) is 0 Å². The smallest absolute Gasteiger partial charge is 0.00747 e. The normalized spacial score (nSPS) is 12.8. The number of nitrogens with one attached hydrogen (secondary N) is 1. The summed E-state index contributed by atoms with van der Waals surface area (Å²) < 4.78 is 0. The van der Waals surface area contributed by atoms with E-state index in [9.17, 15) is 0 Å². The van der Waals surface area contributed by atoms with E-state index in [0.29, 0.717) is 6.04 Å². The molecule has 0 spiro atoms. The topological polar surface area (TPSA) is 12.0 Å². The molecule has 0 aliphatic heterocycles. The van der Waals surface area contributed by atoms with Crippen molar-refractivity contribution in [2.45, 2.75) is 45.1 Å². The zero-order valence-corrected chi connectivity index (χ0v) is 11.7. The number of benzene rings is 1. The summed E-state index contributed by atoms with van der Waals surface area (Å²) >= 11 is 1.96. The van der Waals surface area contributed by atoms with Crippen molar-refractivity contribution in [3.63, 3.8) is 0 Å². The molecule has 90 valence electrons. The lowest BCUT2D eigenvalue weighted by atomic mass is 10.1. The highest BCUT2D eigenvalue weighted by atomic mass is 32.2. The van der Waals surface area contributed by atoms with Crippen LogP contribution in [0.25, 0.3) is 0 Å². The summed E-state index contributed by atoms with van der Waals surface area (Å²) in [5.41, 5.74) is 2.77. The summed E-state index contributed by atoms with van der Waals surface area (Å²) in [5.74, 6) is 1.19. The monoisotopic (exact) mass is 237 g/mol.